The minimum atomic E-state index is 1.16. The van der Waals surface area contributed by atoms with Gasteiger partial charge in [-0.2, -0.15) is 4.57 Å². The summed E-state index contributed by atoms with van der Waals surface area (Å²) < 4.78 is 4.61. The van der Waals surface area contributed by atoms with E-state index in [1.54, 1.807) is 0 Å². The Labute approximate surface area is 174 Å². The maximum atomic E-state index is 2.34. The van der Waals surface area contributed by atoms with Gasteiger partial charge in [0.1, 0.15) is 18.1 Å². The first-order valence-electron chi connectivity index (χ1n) is 11.9. The van der Waals surface area contributed by atoms with Gasteiger partial charge in [0.25, 0.3) is 5.82 Å². The second-order valence-corrected chi connectivity index (χ2v) is 8.38. The fourth-order valence-corrected chi connectivity index (χ4v) is 4.11. The van der Waals surface area contributed by atoms with E-state index < -0.39 is 0 Å². The van der Waals surface area contributed by atoms with Crippen LogP contribution in [0.3, 0.4) is 0 Å². The predicted octanol–water partition coefficient (Wildman–Crippen LogP) is 7.33. The van der Waals surface area contributed by atoms with E-state index in [2.05, 4.69) is 65.8 Å². The number of aryl methyl sites for hydroxylation is 1. The molecule has 0 atom stereocenters. The highest BCUT2D eigenvalue weighted by atomic mass is 15.1. The van der Waals surface area contributed by atoms with Crippen molar-refractivity contribution in [2.45, 2.75) is 103 Å². The summed E-state index contributed by atoms with van der Waals surface area (Å²) >= 11 is 0. The Bertz CT molecular complexity index is 615. The molecule has 0 aliphatic rings. The molecular weight excluding hydrogens is 340 g/mol. The van der Waals surface area contributed by atoms with Gasteiger partial charge in [0.15, 0.2) is 0 Å². The van der Waals surface area contributed by atoms with Gasteiger partial charge in [0.2, 0.25) is 0 Å². The van der Waals surface area contributed by atoms with Crippen molar-refractivity contribution in [1.82, 2.24) is 4.57 Å². The van der Waals surface area contributed by atoms with Gasteiger partial charge in [-0.3, -0.25) is 0 Å². The predicted molar refractivity (Wildman–Crippen MR) is 121 cm³/mol. The van der Waals surface area contributed by atoms with Crippen LogP contribution < -0.4 is 4.57 Å². The van der Waals surface area contributed by atoms with Crippen molar-refractivity contribution in [1.29, 1.82) is 0 Å². The van der Waals surface area contributed by atoms with Crippen molar-refractivity contribution >= 4 is 0 Å². The minimum Gasteiger partial charge on any atom is -0.237 e. The molecule has 0 unspecified atom stereocenters. The zero-order valence-corrected chi connectivity index (χ0v) is 18.5. The summed E-state index contributed by atoms with van der Waals surface area (Å²) in [5.74, 6) is 1.41. The van der Waals surface area contributed by atoms with Gasteiger partial charge in [-0.1, -0.05) is 109 Å². The van der Waals surface area contributed by atoms with Gasteiger partial charge in [-0.05, 0) is 18.6 Å². The van der Waals surface area contributed by atoms with Crippen molar-refractivity contribution in [3.8, 4) is 5.69 Å². The van der Waals surface area contributed by atoms with Crippen LogP contribution >= 0.6 is 0 Å². The molecule has 0 N–H and O–H groups in total. The van der Waals surface area contributed by atoms with E-state index in [0.29, 0.717) is 0 Å². The van der Waals surface area contributed by atoms with Gasteiger partial charge in [0, 0.05) is 6.42 Å². The monoisotopic (exact) mass is 383 g/mol. The first-order chi connectivity index (χ1) is 13.8. The molecule has 1 aromatic carbocycles. The highest BCUT2D eigenvalue weighted by Crippen LogP contribution is 2.15. The van der Waals surface area contributed by atoms with Gasteiger partial charge < -0.3 is 0 Å². The van der Waals surface area contributed by atoms with Crippen LogP contribution in [0.5, 0.6) is 0 Å². The lowest BCUT2D eigenvalue weighted by atomic mass is 10.0. The molecule has 0 spiro atoms. The lowest BCUT2D eigenvalue weighted by Gasteiger charge is -2.04. The number of unbranched alkanes of at least 4 members (excludes halogenated alkanes) is 13. The molecule has 156 valence electrons. The third kappa shape index (κ3) is 8.63. The minimum absolute atomic E-state index is 1.16. The lowest BCUT2D eigenvalue weighted by Crippen LogP contribution is -2.31. The van der Waals surface area contributed by atoms with Crippen LogP contribution in [-0.4, -0.2) is 4.57 Å². The number of imidazole rings is 1. The molecule has 0 saturated carbocycles. The molecule has 2 nitrogen and oxygen atoms in total. The van der Waals surface area contributed by atoms with Crippen LogP contribution in [-0.2, 0) is 13.5 Å². The van der Waals surface area contributed by atoms with Crippen LogP contribution in [0.4, 0.5) is 0 Å². The Morgan fingerprint density at radius 2 is 1.18 bits per heavy atom. The topological polar surface area (TPSA) is 8.81 Å². The first-order valence-corrected chi connectivity index (χ1v) is 11.9. The maximum Gasteiger partial charge on any atom is 0.261 e. The Morgan fingerprint density at radius 1 is 0.679 bits per heavy atom. The number of hydrogen-bond acceptors (Lipinski definition) is 0. The summed E-state index contributed by atoms with van der Waals surface area (Å²) in [6.45, 7) is 2.29. The Morgan fingerprint density at radius 3 is 1.71 bits per heavy atom. The van der Waals surface area contributed by atoms with E-state index in [4.69, 9.17) is 0 Å². The Hall–Kier alpha value is -1.57. The smallest absolute Gasteiger partial charge is 0.237 e. The van der Waals surface area contributed by atoms with Crippen molar-refractivity contribution in [2.75, 3.05) is 0 Å². The van der Waals surface area contributed by atoms with Crippen molar-refractivity contribution < 1.29 is 4.57 Å². The highest BCUT2D eigenvalue weighted by Gasteiger charge is 2.15. The van der Waals surface area contributed by atoms with E-state index >= 15 is 0 Å². The lowest BCUT2D eigenvalue weighted by molar-refractivity contribution is -0.678. The summed E-state index contributed by atoms with van der Waals surface area (Å²) in [4.78, 5) is 0. The van der Waals surface area contributed by atoms with Crippen LogP contribution in [0.1, 0.15) is 103 Å². The Kier molecular flexibility index (Phi) is 11.7. The van der Waals surface area contributed by atoms with Gasteiger partial charge >= 0.3 is 0 Å². The third-order valence-electron chi connectivity index (χ3n) is 5.91. The molecule has 0 radical (unpaired) electrons. The normalized spacial score (nSPS) is 11.2. The largest absolute Gasteiger partial charge is 0.261 e. The quantitative estimate of drug-likeness (QED) is 0.212. The molecule has 2 rings (SSSR count). The highest BCUT2D eigenvalue weighted by molar-refractivity contribution is 5.31. The van der Waals surface area contributed by atoms with Crippen LogP contribution in [0.2, 0.25) is 0 Å². The second kappa shape index (κ2) is 14.4. The molecular formula is C26H43N2+. The van der Waals surface area contributed by atoms with E-state index in [0.717, 1.165) is 6.42 Å². The van der Waals surface area contributed by atoms with Gasteiger partial charge in [-0.15, -0.1) is 0 Å². The summed E-state index contributed by atoms with van der Waals surface area (Å²) in [7, 11) is 2.17. The molecule has 1 aromatic heterocycles. The van der Waals surface area contributed by atoms with E-state index in [9.17, 15) is 0 Å². The number of aromatic nitrogens is 2. The standard InChI is InChI=1S/C26H43N2/c1-3-4-5-6-7-8-9-10-11-12-13-14-15-19-22-26-27(2)23-24-28(26)25-20-17-16-18-21-25/h16-18,20-21,23-24H,3-15,19,22H2,1-2H3/q+1. The molecule has 2 aromatic rings. The summed E-state index contributed by atoms with van der Waals surface area (Å²) in [6, 6.07) is 10.7. The third-order valence-corrected chi connectivity index (χ3v) is 5.91. The second-order valence-electron chi connectivity index (χ2n) is 8.38. The molecule has 28 heavy (non-hydrogen) atoms. The number of benzene rings is 1. The van der Waals surface area contributed by atoms with E-state index in [1.807, 2.05) is 0 Å². The average molecular weight is 384 g/mol. The van der Waals surface area contributed by atoms with E-state index in [1.165, 1.54) is 101 Å². The van der Waals surface area contributed by atoms with Gasteiger partial charge in [-0.25, -0.2) is 4.57 Å². The molecule has 0 amide bonds. The molecule has 0 aliphatic carbocycles. The number of nitrogens with zero attached hydrogens (tertiary/aromatic N) is 2. The number of rotatable bonds is 16. The molecule has 0 fully saturated rings. The van der Waals surface area contributed by atoms with Crippen LogP contribution in [0.15, 0.2) is 42.7 Å². The summed E-state index contributed by atoms with van der Waals surface area (Å²) in [5, 5.41) is 0. The molecule has 1 heterocycles. The zero-order valence-electron chi connectivity index (χ0n) is 18.5. The van der Waals surface area contributed by atoms with Crippen molar-refractivity contribution in [2.24, 2.45) is 7.05 Å². The molecule has 2 heteroatoms. The first kappa shape index (κ1) is 22.7. The van der Waals surface area contributed by atoms with Crippen LogP contribution in [0, 0.1) is 0 Å². The summed E-state index contributed by atoms with van der Waals surface area (Å²) in [5.41, 5.74) is 1.27. The zero-order chi connectivity index (χ0) is 19.9. The Balaban J connectivity index is 1.49. The van der Waals surface area contributed by atoms with Crippen LogP contribution in [0.25, 0.3) is 5.69 Å². The van der Waals surface area contributed by atoms with E-state index in [-0.39, 0.29) is 0 Å². The fourth-order valence-electron chi connectivity index (χ4n) is 4.11. The number of para-hydroxylation sites is 1. The maximum absolute atomic E-state index is 2.34. The van der Waals surface area contributed by atoms with Gasteiger partial charge in [0.05, 0.1) is 7.05 Å². The molecule has 0 saturated heterocycles. The SMILES string of the molecule is CCCCCCCCCCCCCCCCc1n(-c2ccccc2)cc[n+]1C. The molecule has 0 aliphatic heterocycles. The average Bonchev–Trinajstić information content (AvgIpc) is 3.09. The van der Waals surface area contributed by atoms with Crippen molar-refractivity contribution in [3.63, 3.8) is 0 Å². The molecule has 0 bridgehead atoms. The fraction of sp³-hybridized carbons (Fsp3) is 0.654. The summed E-state index contributed by atoms with van der Waals surface area (Å²) in [6.07, 6.45) is 25.4. The number of hydrogen-bond donors (Lipinski definition) is 0. The van der Waals surface area contributed by atoms with Crippen molar-refractivity contribution in [3.05, 3.63) is 48.5 Å².